The van der Waals surface area contributed by atoms with Crippen molar-refractivity contribution in [1.29, 1.82) is 0 Å². The zero-order valence-corrected chi connectivity index (χ0v) is 11.9. The number of ether oxygens (including phenoxy) is 2. The first-order chi connectivity index (χ1) is 9.20. The molecule has 0 unspecified atom stereocenters. The molecular weight excluding hydrogens is 286 g/mol. The van der Waals surface area contributed by atoms with Gasteiger partial charge in [-0.3, -0.25) is 4.79 Å². The van der Waals surface area contributed by atoms with E-state index in [1.54, 1.807) is 0 Å². The van der Waals surface area contributed by atoms with Crippen LogP contribution in [0.2, 0.25) is 5.02 Å². The lowest BCUT2D eigenvalue weighted by Crippen LogP contribution is -2.21. The molecule has 0 bridgehead atoms. The summed E-state index contributed by atoms with van der Waals surface area (Å²) in [5, 5.41) is 4.06. The molecule has 1 aromatic heterocycles. The van der Waals surface area contributed by atoms with Crippen molar-refractivity contribution in [2.24, 2.45) is 0 Å². The van der Waals surface area contributed by atoms with Crippen LogP contribution in [0.15, 0.2) is 12.1 Å². The van der Waals surface area contributed by atoms with Gasteiger partial charge in [0.15, 0.2) is 11.5 Å². The fourth-order valence-electron chi connectivity index (χ4n) is 1.99. The number of benzene rings is 1. The number of carbonyl (C=O) groups excluding carboxylic acids is 1. The van der Waals surface area contributed by atoms with Crippen LogP contribution in [0.25, 0.3) is 10.1 Å². The summed E-state index contributed by atoms with van der Waals surface area (Å²) in [5.41, 5.74) is 0. The Morgan fingerprint density at radius 1 is 1.37 bits per heavy atom. The fraction of sp³-hybridized carbons (Fsp3) is 0.308. The second-order valence-corrected chi connectivity index (χ2v) is 5.53. The Balaban J connectivity index is 2.12. The van der Waals surface area contributed by atoms with Crippen LogP contribution >= 0.6 is 22.9 Å². The van der Waals surface area contributed by atoms with Crippen LogP contribution in [0.1, 0.15) is 16.6 Å². The first-order valence-corrected chi connectivity index (χ1v) is 7.20. The number of amides is 1. The highest BCUT2D eigenvalue weighted by Gasteiger charge is 2.20. The minimum Gasteiger partial charge on any atom is -0.486 e. The number of carbonyl (C=O) groups is 1. The van der Waals surface area contributed by atoms with Gasteiger partial charge < -0.3 is 14.8 Å². The van der Waals surface area contributed by atoms with Gasteiger partial charge in [0.2, 0.25) is 0 Å². The molecule has 0 saturated heterocycles. The molecule has 19 heavy (non-hydrogen) atoms. The first kappa shape index (κ1) is 12.6. The lowest BCUT2D eigenvalue weighted by Gasteiger charge is -2.18. The van der Waals surface area contributed by atoms with Gasteiger partial charge in [-0.15, -0.1) is 11.3 Å². The lowest BCUT2D eigenvalue weighted by molar-refractivity contribution is 0.0960. The average molecular weight is 298 g/mol. The molecule has 0 radical (unpaired) electrons. The van der Waals surface area contributed by atoms with E-state index in [0.29, 0.717) is 41.2 Å². The highest BCUT2D eigenvalue weighted by molar-refractivity contribution is 7.21. The highest BCUT2D eigenvalue weighted by atomic mass is 35.5. The summed E-state index contributed by atoms with van der Waals surface area (Å²) in [6, 6.07) is 3.72. The Labute approximate surface area is 119 Å². The summed E-state index contributed by atoms with van der Waals surface area (Å²) in [4.78, 5) is 12.4. The Hall–Kier alpha value is -1.46. The van der Waals surface area contributed by atoms with Gasteiger partial charge in [-0.2, -0.15) is 0 Å². The number of fused-ring (bicyclic) bond motifs is 2. The van der Waals surface area contributed by atoms with Crippen LogP contribution in [-0.4, -0.2) is 25.7 Å². The van der Waals surface area contributed by atoms with Gasteiger partial charge >= 0.3 is 0 Å². The molecule has 1 aliphatic heterocycles. The zero-order valence-electron chi connectivity index (χ0n) is 10.3. The third-order valence-electron chi connectivity index (χ3n) is 2.84. The molecule has 0 atom stereocenters. The highest BCUT2D eigenvalue weighted by Crippen LogP contribution is 2.42. The van der Waals surface area contributed by atoms with Gasteiger partial charge in [0.1, 0.15) is 18.1 Å². The molecule has 1 amide bonds. The molecule has 2 heterocycles. The summed E-state index contributed by atoms with van der Waals surface area (Å²) in [7, 11) is 0. The van der Waals surface area contributed by atoms with Crippen LogP contribution < -0.4 is 14.8 Å². The number of halogens is 1. The van der Waals surface area contributed by atoms with Gasteiger partial charge in [0, 0.05) is 22.7 Å². The maximum atomic E-state index is 11.9. The maximum Gasteiger partial charge on any atom is 0.262 e. The predicted molar refractivity (Wildman–Crippen MR) is 75.8 cm³/mol. The molecule has 0 spiro atoms. The molecular formula is C13H12ClNO3S. The van der Waals surface area contributed by atoms with Gasteiger partial charge in [-0.1, -0.05) is 11.6 Å². The molecule has 0 saturated carbocycles. The zero-order chi connectivity index (χ0) is 13.4. The molecule has 2 aromatic rings. The Bertz CT molecular complexity index is 653. The number of thiophene rings is 1. The Kier molecular flexibility index (Phi) is 3.24. The quantitative estimate of drug-likeness (QED) is 0.926. The summed E-state index contributed by atoms with van der Waals surface area (Å²) in [6.45, 7) is 3.52. The Morgan fingerprint density at radius 2 is 2.05 bits per heavy atom. The summed E-state index contributed by atoms with van der Waals surface area (Å²) >= 11 is 7.65. The van der Waals surface area contributed by atoms with Crippen molar-refractivity contribution in [2.75, 3.05) is 19.8 Å². The van der Waals surface area contributed by atoms with Crippen LogP contribution in [0, 0.1) is 0 Å². The SMILES string of the molecule is CCNC(=O)c1sc2cc3c(cc2c1Cl)OCCO3. The van der Waals surface area contributed by atoms with E-state index in [-0.39, 0.29) is 5.91 Å². The first-order valence-electron chi connectivity index (χ1n) is 6.00. The van der Waals surface area contributed by atoms with E-state index < -0.39 is 0 Å². The maximum absolute atomic E-state index is 11.9. The minimum atomic E-state index is -0.145. The third-order valence-corrected chi connectivity index (χ3v) is 4.49. The van der Waals surface area contributed by atoms with Crippen molar-refractivity contribution >= 4 is 38.9 Å². The van der Waals surface area contributed by atoms with Crippen LogP contribution in [0.5, 0.6) is 11.5 Å². The standard InChI is InChI=1S/C13H12ClNO3S/c1-2-15-13(16)12-11(14)7-5-8-9(6-10(7)19-12)18-4-3-17-8/h5-6H,2-4H2,1H3,(H,15,16). The monoisotopic (exact) mass is 297 g/mol. The second kappa shape index (κ2) is 4.90. The Morgan fingerprint density at radius 3 is 2.74 bits per heavy atom. The van der Waals surface area contributed by atoms with Gasteiger partial charge in [0.25, 0.3) is 5.91 Å². The fourth-order valence-corrected chi connectivity index (χ4v) is 3.43. The molecule has 1 aliphatic rings. The number of hydrogen-bond acceptors (Lipinski definition) is 4. The van der Waals surface area contributed by atoms with Crippen molar-refractivity contribution in [1.82, 2.24) is 5.32 Å². The van der Waals surface area contributed by atoms with Crippen molar-refractivity contribution < 1.29 is 14.3 Å². The van der Waals surface area contributed by atoms with E-state index >= 15 is 0 Å². The molecule has 3 rings (SSSR count). The minimum absolute atomic E-state index is 0.145. The summed E-state index contributed by atoms with van der Waals surface area (Å²) < 4.78 is 12.0. The van der Waals surface area contributed by atoms with E-state index in [1.807, 2.05) is 19.1 Å². The molecule has 1 N–H and O–H groups in total. The van der Waals surface area contributed by atoms with Crippen molar-refractivity contribution in [3.63, 3.8) is 0 Å². The second-order valence-electron chi connectivity index (χ2n) is 4.10. The number of nitrogens with one attached hydrogen (secondary N) is 1. The molecule has 1 aromatic carbocycles. The number of hydrogen-bond donors (Lipinski definition) is 1. The van der Waals surface area contributed by atoms with Crippen molar-refractivity contribution in [3.05, 3.63) is 22.0 Å². The summed E-state index contributed by atoms with van der Waals surface area (Å²) in [6.07, 6.45) is 0. The van der Waals surface area contributed by atoms with E-state index in [1.165, 1.54) is 11.3 Å². The third kappa shape index (κ3) is 2.13. The van der Waals surface area contributed by atoms with Gasteiger partial charge in [-0.25, -0.2) is 0 Å². The molecule has 0 fully saturated rings. The average Bonchev–Trinajstić information content (AvgIpc) is 2.74. The molecule has 100 valence electrons. The van der Waals surface area contributed by atoms with E-state index in [9.17, 15) is 4.79 Å². The molecule has 4 nitrogen and oxygen atoms in total. The van der Waals surface area contributed by atoms with Crippen LogP contribution in [0.3, 0.4) is 0 Å². The normalized spacial score (nSPS) is 13.6. The van der Waals surface area contributed by atoms with Crippen molar-refractivity contribution in [3.8, 4) is 11.5 Å². The van der Waals surface area contributed by atoms with Crippen molar-refractivity contribution in [2.45, 2.75) is 6.92 Å². The van der Waals surface area contributed by atoms with Crippen LogP contribution in [0.4, 0.5) is 0 Å². The van der Waals surface area contributed by atoms with E-state index in [2.05, 4.69) is 5.32 Å². The lowest BCUT2D eigenvalue weighted by atomic mass is 10.2. The molecule has 0 aliphatic carbocycles. The van der Waals surface area contributed by atoms with Gasteiger partial charge in [0.05, 0.1) is 5.02 Å². The van der Waals surface area contributed by atoms with Gasteiger partial charge in [-0.05, 0) is 13.0 Å². The van der Waals surface area contributed by atoms with E-state index in [0.717, 1.165) is 10.1 Å². The predicted octanol–water partition coefficient (Wildman–Crippen LogP) is 3.08. The van der Waals surface area contributed by atoms with E-state index in [4.69, 9.17) is 21.1 Å². The topological polar surface area (TPSA) is 47.6 Å². The number of rotatable bonds is 2. The summed E-state index contributed by atoms with van der Waals surface area (Å²) in [5.74, 6) is 1.24. The largest absolute Gasteiger partial charge is 0.486 e. The van der Waals surface area contributed by atoms with Crippen LogP contribution in [-0.2, 0) is 0 Å². The molecule has 6 heteroatoms. The smallest absolute Gasteiger partial charge is 0.262 e.